The van der Waals surface area contributed by atoms with E-state index in [9.17, 15) is 9.59 Å². The van der Waals surface area contributed by atoms with E-state index in [4.69, 9.17) is 9.47 Å². The molecule has 0 spiro atoms. The Bertz CT molecular complexity index is 780. The van der Waals surface area contributed by atoms with Crippen molar-refractivity contribution in [3.63, 3.8) is 0 Å². The third kappa shape index (κ3) is 6.49. The zero-order chi connectivity index (χ0) is 20.4. The SMILES string of the molecule is CCCN(CC(=O)Nc1ccccc1OC)C(=O)CSc1ccc(OC)cc1. The van der Waals surface area contributed by atoms with Gasteiger partial charge in [-0.15, -0.1) is 11.8 Å². The van der Waals surface area contributed by atoms with Crippen LogP contribution in [0.4, 0.5) is 5.69 Å². The number of anilines is 1. The number of nitrogens with zero attached hydrogens (tertiary/aromatic N) is 1. The Labute approximate surface area is 170 Å². The highest BCUT2D eigenvalue weighted by molar-refractivity contribution is 8.00. The van der Waals surface area contributed by atoms with Gasteiger partial charge in [-0.25, -0.2) is 0 Å². The van der Waals surface area contributed by atoms with E-state index in [2.05, 4.69) is 5.32 Å². The lowest BCUT2D eigenvalue weighted by Gasteiger charge is -2.22. The molecular formula is C21H26N2O4S. The predicted octanol–water partition coefficient (Wildman–Crippen LogP) is 3.67. The number of para-hydroxylation sites is 2. The van der Waals surface area contributed by atoms with Gasteiger partial charge in [0.2, 0.25) is 11.8 Å². The first-order chi connectivity index (χ1) is 13.6. The van der Waals surface area contributed by atoms with Crippen LogP contribution in [-0.2, 0) is 9.59 Å². The molecule has 0 aliphatic heterocycles. The Morgan fingerprint density at radius 2 is 1.75 bits per heavy atom. The second-order valence-electron chi connectivity index (χ2n) is 6.03. The van der Waals surface area contributed by atoms with Gasteiger partial charge in [-0.3, -0.25) is 9.59 Å². The van der Waals surface area contributed by atoms with Gasteiger partial charge in [-0.1, -0.05) is 19.1 Å². The Hall–Kier alpha value is -2.67. The molecule has 0 saturated carbocycles. The van der Waals surface area contributed by atoms with E-state index >= 15 is 0 Å². The van der Waals surface area contributed by atoms with Crippen molar-refractivity contribution in [3.8, 4) is 11.5 Å². The first-order valence-corrected chi connectivity index (χ1v) is 10.0. The molecule has 2 rings (SSSR count). The third-order valence-corrected chi connectivity index (χ3v) is 4.98. The predicted molar refractivity (Wildman–Crippen MR) is 112 cm³/mol. The van der Waals surface area contributed by atoms with Gasteiger partial charge in [0.25, 0.3) is 0 Å². The summed E-state index contributed by atoms with van der Waals surface area (Å²) in [6, 6.07) is 14.7. The largest absolute Gasteiger partial charge is 0.497 e. The number of thioether (sulfide) groups is 1. The molecule has 28 heavy (non-hydrogen) atoms. The number of benzene rings is 2. The van der Waals surface area contributed by atoms with Gasteiger partial charge in [0.1, 0.15) is 11.5 Å². The summed E-state index contributed by atoms with van der Waals surface area (Å²) in [4.78, 5) is 27.6. The number of hydrogen-bond donors (Lipinski definition) is 1. The number of carbonyl (C=O) groups is 2. The zero-order valence-corrected chi connectivity index (χ0v) is 17.3. The summed E-state index contributed by atoms with van der Waals surface area (Å²) >= 11 is 1.44. The van der Waals surface area contributed by atoms with E-state index in [1.54, 1.807) is 31.3 Å². The lowest BCUT2D eigenvalue weighted by Crippen LogP contribution is -2.39. The molecule has 2 aromatic carbocycles. The quantitative estimate of drug-likeness (QED) is 0.614. The average Bonchev–Trinajstić information content (AvgIpc) is 2.72. The van der Waals surface area contributed by atoms with Gasteiger partial charge in [-0.2, -0.15) is 0 Å². The molecule has 0 radical (unpaired) electrons. The lowest BCUT2D eigenvalue weighted by molar-refractivity contribution is -0.132. The van der Waals surface area contributed by atoms with E-state index in [1.165, 1.54) is 11.8 Å². The fourth-order valence-corrected chi connectivity index (χ4v) is 3.38. The molecule has 0 saturated heterocycles. The summed E-state index contributed by atoms with van der Waals surface area (Å²) in [5, 5.41) is 2.81. The average molecular weight is 403 g/mol. The van der Waals surface area contributed by atoms with Crippen molar-refractivity contribution in [2.45, 2.75) is 18.2 Å². The van der Waals surface area contributed by atoms with Crippen LogP contribution >= 0.6 is 11.8 Å². The molecule has 2 amide bonds. The van der Waals surface area contributed by atoms with Crippen molar-refractivity contribution in [1.82, 2.24) is 4.90 Å². The molecular weight excluding hydrogens is 376 g/mol. The molecule has 150 valence electrons. The maximum atomic E-state index is 12.6. The van der Waals surface area contributed by atoms with Crippen molar-refractivity contribution in [3.05, 3.63) is 48.5 Å². The minimum absolute atomic E-state index is 0.00783. The second kappa shape index (κ2) is 11.2. The highest BCUT2D eigenvalue weighted by Gasteiger charge is 2.17. The van der Waals surface area contributed by atoms with Gasteiger partial charge in [0.15, 0.2) is 0 Å². The summed E-state index contributed by atoms with van der Waals surface area (Å²) in [5.74, 6) is 1.31. The van der Waals surface area contributed by atoms with Gasteiger partial charge in [0, 0.05) is 11.4 Å². The standard InChI is InChI=1S/C21H26N2O4S/c1-4-13-23(14-20(24)22-18-7-5-6-8-19(18)27-3)21(25)15-28-17-11-9-16(26-2)10-12-17/h5-12H,4,13-15H2,1-3H3,(H,22,24). The fourth-order valence-electron chi connectivity index (χ4n) is 2.58. The maximum absolute atomic E-state index is 12.6. The number of nitrogens with one attached hydrogen (secondary N) is 1. The highest BCUT2D eigenvalue weighted by atomic mass is 32.2. The van der Waals surface area contributed by atoms with Crippen LogP contribution in [0, 0.1) is 0 Å². The molecule has 0 heterocycles. The molecule has 0 aliphatic carbocycles. The van der Waals surface area contributed by atoms with Crippen LogP contribution < -0.4 is 14.8 Å². The minimum Gasteiger partial charge on any atom is -0.497 e. The Morgan fingerprint density at radius 3 is 2.39 bits per heavy atom. The molecule has 7 heteroatoms. The van der Waals surface area contributed by atoms with Crippen LogP contribution in [0.15, 0.2) is 53.4 Å². The highest BCUT2D eigenvalue weighted by Crippen LogP contribution is 2.23. The first-order valence-electron chi connectivity index (χ1n) is 9.04. The van der Waals surface area contributed by atoms with Gasteiger partial charge < -0.3 is 19.7 Å². The molecule has 0 fully saturated rings. The van der Waals surface area contributed by atoms with Crippen molar-refractivity contribution < 1.29 is 19.1 Å². The number of ether oxygens (including phenoxy) is 2. The number of carbonyl (C=O) groups excluding carboxylic acids is 2. The summed E-state index contributed by atoms with van der Waals surface area (Å²) in [6.45, 7) is 2.52. The molecule has 0 aliphatic rings. The molecule has 0 bridgehead atoms. The maximum Gasteiger partial charge on any atom is 0.244 e. The number of amides is 2. The minimum atomic E-state index is -0.249. The smallest absolute Gasteiger partial charge is 0.244 e. The Kier molecular flexibility index (Phi) is 8.68. The number of rotatable bonds is 10. The van der Waals surface area contributed by atoms with E-state index in [0.717, 1.165) is 17.1 Å². The Morgan fingerprint density at radius 1 is 1.04 bits per heavy atom. The summed E-state index contributed by atoms with van der Waals surface area (Å²) in [7, 11) is 3.17. The molecule has 0 aromatic heterocycles. The van der Waals surface area contributed by atoms with Crippen LogP contribution in [0.3, 0.4) is 0 Å². The number of hydrogen-bond acceptors (Lipinski definition) is 5. The van der Waals surface area contributed by atoms with Crippen LogP contribution in [0.2, 0.25) is 0 Å². The van der Waals surface area contributed by atoms with E-state index in [-0.39, 0.29) is 24.1 Å². The lowest BCUT2D eigenvalue weighted by atomic mass is 10.3. The molecule has 6 nitrogen and oxygen atoms in total. The Balaban J connectivity index is 1.93. The molecule has 0 atom stereocenters. The molecule has 0 unspecified atom stereocenters. The third-order valence-electron chi connectivity index (χ3n) is 3.98. The van der Waals surface area contributed by atoms with E-state index < -0.39 is 0 Å². The van der Waals surface area contributed by atoms with Crippen molar-refractivity contribution in [2.24, 2.45) is 0 Å². The van der Waals surface area contributed by atoms with Crippen LogP contribution in [0.5, 0.6) is 11.5 Å². The van der Waals surface area contributed by atoms with Crippen LogP contribution in [0.25, 0.3) is 0 Å². The second-order valence-corrected chi connectivity index (χ2v) is 7.08. The van der Waals surface area contributed by atoms with Crippen LogP contribution in [-0.4, -0.2) is 49.8 Å². The van der Waals surface area contributed by atoms with E-state index in [1.807, 2.05) is 43.3 Å². The van der Waals surface area contributed by atoms with E-state index in [0.29, 0.717) is 18.0 Å². The van der Waals surface area contributed by atoms with Crippen molar-refractivity contribution in [1.29, 1.82) is 0 Å². The monoisotopic (exact) mass is 402 g/mol. The zero-order valence-electron chi connectivity index (χ0n) is 16.4. The molecule has 1 N–H and O–H groups in total. The van der Waals surface area contributed by atoms with Crippen molar-refractivity contribution >= 4 is 29.3 Å². The summed E-state index contributed by atoms with van der Waals surface area (Å²) in [6.07, 6.45) is 0.779. The summed E-state index contributed by atoms with van der Waals surface area (Å²) in [5.41, 5.74) is 0.589. The van der Waals surface area contributed by atoms with Crippen molar-refractivity contribution in [2.75, 3.05) is 38.4 Å². The summed E-state index contributed by atoms with van der Waals surface area (Å²) < 4.78 is 10.4. The normalized spacial score (nSPS) is 10.2. The fraction of sp³-hybridized carbons (Fsp3) is 0.333. The topological polar surface area (TPSA) is 67.9 Å². The van der Waals surface area contributed by atoms with Gasteiger partial charge in [0.05, 0.1) is 32.2 Å². The molecule has 2 aromatic rings. The van der Waals surface area contributed by atoms with Gasteiger partial charge >= 0.3 is 0 Å². The van der Waals surface area contributed by atoms with Crippen LogP contribution in [0.1, 0.15) is 13.3 Å². The number of methoxy groups -OCH3 is 2. The first kappa shape index (κ1) is 21.6. The van der Waals surface area contributed by atoms with Gasteiger partial charge in [-0.05, 0) is 42.8 Å².